The van der Waals surface area contributed by atoms with Crippen LogP contribution in [-0.4, -0.2) is 43.0 Å². The molecular formula is C21H23ClN2O3S. The van der Waals surface area contributed by atoms with Gasteiger partial charge in [0, 0.05) is 34.6 Å². The Bertz CT molecular complexity index is 905. The molecule has 0 bridgehead atoms. The molecule has 1 aromatic carbocycles. The van der Waals surface area contributed by atoms with Gasteiger partial charge in [0.15, 0.2) is 0 Å². The van der Waals surface area contributed by atoms with E-state index in [0.717, 1.165) is 34.5 Å². The molecule has 2 amide bonds. The third kappa shape index (κ3) is 4.09. The Morgan fingerprint density at radius 1 is 1.25 bits per heavy atom. The van der Waals surface area contributed by atoms with E-state index in [1.807, 2.05) is 30.0 Å². The van der Waals surface area contributed by atoms with E-state index in [4.69, 9.17) is 16.3 Å². The van der Waals surface area contributed by atoms with Gasteiger partial charge in [-0.2, -0.15) is 0 Å². The van der Waals surface area contributed by atoms with Crippen molar-refractivity contribution in [2.24, 2.45) is 5.92 Å². The van der Waals surface area contributed by atoms with Crippen LogP contribution >= 0.6 is 22.9 Å². The fourth-order valence-corrected chi connectivity index (χ4v) is 5.04. The lowest BCUT2D eigenvalue weighted by molar-refractivity contribution is -0.120. The summed E-state index contributed by atoms with van der Waals surface area (Å²) in [5.41, 5.74) is 2.85. The van der Waals surface area contributed by atoms with Crippen molar-refractivity contribution in [3.8, 4) is 0 Å². The van der Waals surface area contributed by atoms with Crippen LogP contribution < -0.4 is 5.32 Å². The first-order chi connectivity index (χ1) is 13.5. The van der Waals surface area contributed by atoms with Gasteiger partial charge in [0.1, 0.15) is 0 Å². The van der Waals surface area contributed by atoms with Crippen LogP contribution in [0.5, 0.6) is 0 Å². The zero-order valence-corrected chi connectivity index (χ0v) is 17.4. The Morgan fingerprint density at radius 3 is 2.79 bits per heavy atom. The van der Waals surface area contributed by atoms with Crippen molar-refractivity contribution in [2.75, 3.05) is 31.6 Å². The molecule has 0 saturated carbocycles. The van der Waals surface area contributed by atoms with Crippen molar-refractivity contribution in [1.29, 1.82) is 0 Å². The highest BCUT2D eigenvalue weighted by Crippen LogP contribution is 2.34. The highest BCUT2D eigenvalue weighted by atomic mass is 35.5. The number of ether oxygens (including phenoxy) is 1. The van der Waals surface area contributed by atoms with E-state index < -0.39 is 0 Å². The van der Waals surface area contributed by atoms with Crippen LogP contribution in [0.25, 0.3) is 0 Å². The number of rotatable bonds is 3. The van der Waals surface area contributed by atoms with Gasteiger partial charge in [-0.1, -0.05) is 11.6 Å². The van der Waals surface area contributed by atoms with Crippen molar-refractivity contribution in [1.82, 2.24) is 4.90 Å². The third-order valence-electron chi connectivity index (χ3n) is 5.39. The SMILES string of the molecule is Cc1cc(NC(=O)C2CCc3sc(C(=O)N4CCOCC4)cc3C2)ccc1Cl. The minimum absolute atomic E-state index is 0.0274. The number of benzene rings is 1. The number of fused-ring (bicyclic) bond motifs is 1. The molecule has 2 heterocycles. The number of thiophene rings is 1. The van der Waals surface area contributed by atoms with E-state index in [-0.39, 0.29) is 17.7 Å². The first-order valence-electron chi connectivity index (χ1n) is 9.57. The molecular weight excluding hydrogens is 396 g/mol. The number of nitrogens with one attached hydrogen (secondary N) is 1. The average molecular weight is 419 g/mol. The first kappa shape index (κ1) is 19.4. The van der Waals surface area contributed by atoms with Gasteiger partial charge in [0.25, 0.3) is 5.91 Å². The summed E-state index contributed by atoms with van der Waals surface area (Å²) in [5.74, 6) is 0.0318. The zero-order chi connectivity index (χ0) is 19.7. The molecule has 28 heavy (non-hydrogen) atoms. The van der Waals surface area contributed by atoms with Crippen LogP contribution in [0.15, 0.2) is 24.3 Å². The molecule has 1 aromatic heterocycles. The van der Waals surface area contributed by atoms with Gasteiger partial charge in [-0.25, -0.2) is 0 Å². The summed E-state index contributed by atoms with van der Waals surface area (Å²) < 4.78 is 5.33. The number of morpholine rings is 1. The van der Waals surface area contributed by atoms with E-state index in [1.165, 1.54) is 4.88 Å². The highest BCUT2D eigenvalue weighted by molar-refractivity contribution is 7.14. The molecule has 0 radical (unpaired) electrons. The van der Waals surface area contributed by atoms with E-state index >= 15 is 0 Å². The van der Waals surface area contributed by atoms with Crippen molar-refractivity contribution in [3.05, 3.63) is 50.2 Å². The lowest BCUT2D eigenvalue weighted by Gasteiger charge is -2.26. The van der Waals surface area contributed by atoms with Gasteiger partial charge in [0.2, 0.25) is 5.91 Å². The fraction of sp³-hybridized carbons (Fsp3) is 0.429. The van der Waals surface area contributed by atoms with E-state index in [2.05, 4.69) is 5.32 Å². The second-order valence-electron chi connectivity index (χ2n) is 7.36. The first-order valence-corrected chi connectivity index (χ1v) is 10.8. The summed E-state index contributed by atoms with van der Waals surface area (Å²) in [6.07, 6.45) is 2.33. The number of nitrogens with zero attached hydrogens (tertiary/aromatic N) is 1. The second-order valence-corrected chi connectivity index (χ2v) is 8.90. The quantitative estimate of drug-likeness (QED) is 0.821. The van der Waals surface area contributed by atoms with Crippen molar-refractivity contribution in [2.45, 2.75) is 26.2 Å². The van der Waals surface area contributed by atoms with Crippen LogP contribution in [-0.2, 0) is 22.4 Å². The predicted molar refractivity (Wildman–Crippen MR) is 111 cm³/mol. The average Bonchev–Trinajstić information content (AvgIpc) is 3.14. The number of halogens is 1. The number of anilines is 1. The van der Waals surface area contributed by atoms with Gasteiger partial charge in [-0.15, -0.1) is 11.3 Å². The Hall–Kier alpha value is -1.89. The Kier molecular flexibility index (Phi) is 5.71. The second kappa shape index (κ2) is 8.23. The normalized spacial score (nSPS) is 19.2. The van der Waals surface area contributed by atoms with Gasteiger partial charge < -0.3 is 15.0 Å². The summed E-state index contributed by atoms with van der Waals surface area (Å²) in [4.78, 5) is 29.3. The van der Waals surface area contributed by atoms with Crippen LogP contribution in [0.3, 0.4) is 0 Å². The van der Waals surface area contributed by atoms with Gasteiger partial charge in [0.05, 0.1) is 18.1 Å². The maximum absolute atomic E-state index is 12.7. The summed E-state index contributed by atoms with van der Waals surface area (Å²) in [7, 11) is 0. The van der Waals surface area contributed by atoms with Gasteiger partial charge >= 0.3 is 0 Å². The predicted octanol–water partition coefficient (Wildman–Crippen LogP) is 3.93. The molecule has 148 valence electrons. The van der Waals surface area contributed by atoms with Gasteiger partial charge in [-0.05, 0) is 61.6 Å². The number of hydrogen-bond acceptors (Lipinski definition) is 4. The Labute approximate surface area is 173 Å². The number of carbonyl (C=O) groups excluding carboxylic acids is 2. The molecule has 0 spiro atoms. The Balaban J connectivity index is 1.42. The number of aryl methyl sites for hydroxylation is 2. The molecule has 2 aliphatic rings. The van der Waals surface area contributed by atoms with Crippen LogP contribution in [0, 0.1) is 12.8 Å². The number of hydrogen-bond donors (Lipinski definition) is 1. The minimum Gasteiger partial charge on any atom is -0.378 e. The minimum atomic E-state index is -0.0792. The van der Waals surface area contributed by atoms with E-state index in [9.17, 15) is 9.59 Å². The van der Waals surface area contributed by atoms with Crippen LogP contribution in [0.2, 0.25) is 5.02 Å². The third-order valence-corrected chi connectivity index (χ3v) is 7.04. The summed E-state index contributed by atoms with van der Waals surface area (Å²) in [6.45, 7) is 4.41. The van der Waals surface area contributed by atoms with E-state index in [0.29, 0.717) is 37.7 Å². The molecule has 5 nitrogen and oxygen atoms in total. The number of amides is 2. The van der Waals surface area contributed by atoms with Crippen molar-refractivity contribution in [3.63, 3.8) is 0 Å². The smallest absolute Gasteiger partial charge is 0.264 e. The molecule has 1 aliphatic heterocycles. The summed E-state index contributed by atoms with van der Waals surface area (Å²) in [5, 5.41) is 3.70. The fourth-order valence-electron chi connectivity index (χ4n) is 3.74. The zero-order valence-electron chi connectivity index (χ0n) is 15.8. The van der Waals surface area contributed by atoms with Crippen molar-refractivity contribution >= 4 is 40.4 Å². The molecule has 4 rings (SSSR count). The van der Waals surface area contributed by atoms with Gasteiger partial charge in [-0.3, -0.25) is 9.59 Å². The van der Waals surface area contributed by atoms with E-state index in [1.54, 1.807) is 17.4 Å². The molecule has 1 aliphatic carbocycles. The molecule has 1 atom stereocenters. The monoisotopic (exact) mass is 418 g/mol. The maximum atomic E-state index is 12.7. The standard InChI is InChI=1S/C21H23ClN2O3S/c1-13-10-16(3-4-17(13)22)23-20(25)14-2-5-18-15(11-14)12-19(28-18)21(26)24-6-8-27-9-7-24/h3-4,10,12,14H,2,5-9,11H2,1H3,(H,23,25). The molecule has 1 fully saturated rings. The van der Waals surface area contributed by atoms with Crippen molar-refractivity contribution < 1.29 is 14.3 Å². The summed E-state index contributed by atoms with van der Waals surface area (Å²) >= 11 is 7.64. The topological polar surface area (TPSA) is 58.6 Å². The molecule has 1 N–H and O–H groups in total. The lowest BCUT2D eigenvalue weighted by Crippen LogP contribution is -2.40. The summed E-state index contributed by atoms with van der Waals surface area (Å²) in [6, 6.07) is 7.50. The van der Waals surface area contributed by atoms with Crippen LogP contribution in [0.4, 0.5) is 5.69 Å². The Morgan fingerprint density at radius 2 is 2.04 bits per heavy atom. The van der Waals surface area contributed by atoms with Crippen LogP contribution in [0.1, 0.15) is 32.1 Å². The highest BCUT2D eigenvalue weighted by Gasteiger charge is 2.29. The maximum Gasteiger partial charge on any atom is 0.264 e. The lowest BCUT2D eigenvalue weighted by atomic mass is 9.87. The molecule has 2 aromatic rings. The molecule has 1 unspecified atom stereocenters. The largest absolute Gasteiger partial charge is 0.378 e. The molecule has 7 heteroatoms. The number of carbonyl (C=O) groups is 2. The molecule has 1 saturated heterocycles.